The molecule has 2 N–H and O–H groups in total. The second-order valence-corrected chi connectivity index (χ2v) is 10.6. The molecule has 2 aliphatic rings. The summed E-state index contributed by atoms with van der Waals surface area (Å²) >= 11 is 0.856. The first-order valence-corrected chi connectivity index (χ1v) is 13.1. The molecule has 0 saturated carbocycles. The zero-order valence-electron chi connectivity index (χ0n) is 19.7. The number of cyclic esters (lactones) is 2. The lowest BCUT2D eigenvalue weighted by atomic mass is 10.0. The molecule has 0 aliphatic carbocycles. The number of carbonyl (C=O) groups excluding carboxylic acids is 4. The Morgan fingerprint density at radius 2 is 1.00 bits per heavy atom. The molecule has 188 valence electrons. The Morgan fingerprint density at radius 3 is 1.39 bits per heavy atom. The van der Waals surface area contributed by atoms with E-state index in [9.17, 15) is 29.4 Å². The number of hydrogen-bond acceptors (Lipinski definition) is 9. The topological polar surface area (TPSA) is 127 Å². The summed E-state index contributed by atoms with van der Waals surface area (Å²) in [4.78, 5) is 50.9. The zero-order chi connectivity index (χ0) is 24.4. The first-order chi connectivity index (χ1) is 15.7. The monoisotopic (exact) mass is 486 g/mol. The van der Waals surface area contributed by atoms with Gasteiger partial charge in [0.2, 0.25) is 0 Å². The van der Waals surface area contributed by atoms with Crippen LogP contribution in [0.1, 0.15) is 90.9 Å². The predicted molar refractivity (Wildman–Crippen MR) is 124 cm³/mol. The summed E-state index contributed by atoms with van der Waals surface area (Å²) in [5.41, 5.74) is 0. The first kappa shape index (κ1) is 27.8. The van der Waals surface area contributed by atoms with E-state index in [-0.39, 0.29) is 37.9 Å². The van der Waals surface area contributed by atoms with Crippen LogP contribution >= 0.6 is 11.8 Å². The van der Waals surface area contributed by atoms with E-state index in [1.54, 1.807) is 13.8 Å². The number of Topliss-reactive ketones (excluding diaryl/α,β-unsaturated/α-hetero) is 2. The largest absolute Gasteiger partial charge is 0.463 e. The van der Waals surface area contributed by atoms with Crippen LogP contribution < -0.4 is 0 Å². The summed E-state index contributed by atoms with van der Waals surface area (Å²) in [6.07, 6.45) is 2.85. The first-order valence-electron chi connectivity index (χ1n) is 12.1. The van der Waals surface area contributed by atoms with Gasteiger partial charge in [-0.05, 0) is 52.4 Å². The average Bonchev–Trinajstić information content (AvgIpc) is 2.74. The summed E-state index contributed by atoms with van der Waals surface area (Å²) in [5, 5.41) is 18.7. The standard InChI is InChI=1S/C24H38O8S/c1-15-9-5-3-7-11-17(25)23(29)19(13-21(27)31-15)33-20-14-22(28)32-16(2)10-6-4-8-12-18(26)24(20)30/h15-20,25-26H,3-14H2,1-2H3/t15-,16+,17+,18-,19-,20+. The molecule has 0 bridgehead atoms. The van der Waals surface area contributed by atoms with E-state index in [1.165, 1.54) is 0 Å². The van der Waals surface area contributed by atoms with Gasteiger partial charge in [-0.25, -0.2) is 0 Å². The van der Waals surface area contributed by atoms with Crippen molar-refractivity contribution in [2.24, 2.45) is 0 Å². The lowest BCUT2D eigenvalue weighted by Crippen LogP contribution is -2.39. The van der Waals surface area contributed by atoms with Crippen molar-refractivity contribution >= 4 is 35.3 Å². The lowest BCUT2D eigenvalue weighted by molar-refractivity contribution is -0.150. The summed E-state index contributed by atoms with van der Waals surface area (Å²) in [6.45, 7) is 3.60. The highest BCUT2D eigenvalue weighted by Gasteiger charge is 2.37. The van der Waals surface area contributed by atoms with Crippen molar-refractivity contribution in [2.45, 2.75) is 126 Å². The van der Waals surface area contributed by atoms with Crippen molar-refractivity contribution in [3.63, 3.8) is 0 Å². The molecule has 2 saturated heterocycles. The third kappa shape index (κ3) is 9.74. The highest BCUT2D eigenvalue weighted by atomic mass is 32.2. The Kier molecular flexibility index (Phi) is 11.8. The van der Waals surface area contributed by atoms with Gasteiger partial charge in [-0.3, -0.25) is 19.2 Å². The molecular weight excluding hydrogens is 448 g/mol. The molecular formula is C24H38O8S. The van der Waals surface area contributed by atoms with E-state index in [0.29, 0.717) is 25.7 Å². The maximum Gasteiger partial charge on any atom is 0.307 e. The minimum Gasteiger partial charge on any atom is -0.463 e. The van der Waals surface area contributed by atoms with Gasteiger partial charge in [0.1, 0.15) is 12.2 Å². The highest BCUT2D eigenvalue weighted by Crippen LogP contribution is 2.30. The molecule has 0 aromatic carbocycles. The Hall–Kier alpha value is -1.45. The third-order valence-corrected chi connectivity index (χ3v) is 7.62. The fourth-order valence-corrected chi connectivity index (χ4v) is 5.65. The van der Waals surface area contributed by atoms with Crippen molar-refractivity contribution in [3.8, 4) is 0 Å². The van der Waals surface area contributed by atoms with E-state index in [2.05, 4.69) is 0 Å². The number of hydrogen-bond donors (Lipinski definition) is 2. The molecule has 0 unspecified atom stereocenters. The maximum atomic E-state index is 13.0. The van der Waals surface area contributed by atoms with Crippen LogP contribution in [0.25, 0.3) is 0 Å². The molecule has 8 nitrogen and oxygen atoms in total. The molecule has 0 aromatic rings. The number of aliphatic hydroxyl groups excluding tert-OH is 2. The Labute approximate surface area is 200 Å². The Balaban J connectivity index is 2.22. The number of rotatable bonds is 2. The smallest absolute Gasteiger partial charge is 0.307 e. The third-order valence-electron chi connectivity index (χ3n) is 6.17. The summed E-state index contributed by atoms with van der Waals surface area (Å²) in [6, 6.07) is 0. The minimum atomic E-state index is -1.26. The molecule has 0 radical (unpaired) electrons. The molecule has 2 heterocycles. The molecule has 2 fully saturated rings. The van der Waals surface area contributed by atoms with Crippen molar-refractivity contribution in [1.29, 1.82) is 0 Å². The van der Waals surface area contributed by atoms with Crippen molar-refractivity contribution < 1.29 is 38.9 Å². The van der Waals surface area contributed by atoms with Gasteiger partial charge in [0, 0.05) is 0 Å². The normalized spacial score (nSPS) is 34.7. The van der Waals surface area contributed by atoms with Crippen LogP contribution in [0.5, 0.6) is 0 Å². The summed E-state index contributed by atoms with van der Waals surface area (Å²) < 4.78 is 10.8. The number of carbonyl (C=O) groups is 4. The molecule has 2 aliphatic heterocycles. The predicted octanol–water partition coefficient (Wildman–Crippen LogP) is 2.89. The van der Waals surface area contributed by atoms with Crippen molar-refractivity contribution in [3.05, 3.63) is 0 Å². The van der Waals surface area contributed by atoms with Crippen LogP contribution in [-0.2, 0) is 28.7 Å². The van der Waals surface area contributed by atoms with E-state index in [0.717, 1.165) is 37.4 Å². The molecule has 2 rings (SSSR count). The zero-order valence-corrected chi connectivity index (χ0v) is 20.5. The Bertz CT molecular complexity index is 625. The van der Waals surface area contributed by atoms with Gasteiger partial charge in [0.05, 0.1) is 35.5 Å². The van der Waals surface area contributed by atoms with E-state index in [4.69, 9.17) is 9.47 Å². The van der Waals surface area contributed by atoms with Gasteiger partial charge in [-0.1, -0.05) is 25.7 Å². The number of ketones is 2. The molecule has 6 atom stereocenters. The maximum absolute atomic E-state index is 13.0. The fraction of sp³-hybridized carbons (Fsp3) is 0.833. The summed E-state index contributed by atoms with van der Waals surface area (Å²) in [7, 11) is 0. The molecule has 33 heavy (non-hydrogen) atoms. The number of esters is 2. The highest BCUT2D eigenvalue weighted by molar-refractivity contribution is 8.02. The number of aliphatic hydroxyl groups is 2. The second kappa shape index (κ2) is 14.1. The molecule has 0 spiro atoms. The van der Waals surface area contributed by atoms with Crippen molar-refractivity contribution in [1.82, 2.24) is 0 Å². The van der Waals surface area contributed by atoms with Gasteiger partial charge in [0.15, 0.2) is 11.6 Å². The van der Waals surface area contributed by atoms with Gasteiger partial charge < -0.3 is 19.7 Å². The molecule has 0 amide bonds. The molecule has 9 heteroatoms. The van der Waals surface area contributed by atoms with Crippen LogP contribution in [-0.4, -0.2) is 68.6 Å². The number of ether oxygens (including phenoxy) is 2. The van der Waals surface area contributed by atoms with Crippen LogP contribution in [0.15, 0.2) is 0 Å². The van der Waals surface area contributed by atoms with E-state index < -0.39 is 46.2 Å². The quantitative estimate of drug-likeness (QED) is 0.566. The summed E-state index contributed by atoms with van der Waals surface area (Å²) in [5.74, 6) is -2.28. The fourth-order valence-electron chi connectivity index (χ4n) is 4.20. The van der Waals surface area contributed by atoms with E-state index >= 15 is 0 Å². The molecule has 0 aromatic heterocycles. The van der Waals surface area contributed by atoms with Gasteiger partial charge >= 0.3 is 11.9 Å². The lowest BCUT2D eigenvalue weighted by Gasteiger charge is -2.26. The van der Waals surface area contributed by atoms with Crippen LogP contribution in [0.4, 0.5) is 0 Å². The van der Waals surface area contributed by atoms with Crippen LogP contribution in [0, 0.1) is 0 Å². The van der Waals surface area contributed by atoms with Crippen LogP contribution in [0.2, 0.25) is 0 Å². The van der Waals surface area contributed by atoms with Gasteiger partial charge in [-0.15, -0.1) is 11.8 Å². The van der Waals surface area contributed by atoms with Crippen molar-refractivity contribution in [2.75, 3.05) is 0 Å². The number of thioether (sulfide) groups is 1. The average molecular weight is 487 g/mol. The SMILES string of the molecule is C[C@@H]1CCCCC[C@H](O)C(=O)[C@H](S[C@H]2CC(=O)O[C@@H](C)CCCCC[C@@H](O)C2=O)CC(=O)O1. The van der Waals surface area contributed by atoms with Crippen LogP contribution in [0.3, 0.4) is 0 Å². The van der Waals surface area contributed by atoms with Gasteiger partial charge in [-0.2, -0.15) is 0 Å². The Morgan fingerprint density at radius 1 is 0.636 bits per heavy atom. The van der Waals surface area contributed by atoms with Gasteiger partial charge in [0.25, 0.3) is 0 Å². The second-order valence-electron chi connectivity index (χ2n) is 9.23. The van der Waals surface area contributed by atoms with E-state index in [1.807, 2.05) is 0 Å². The minimum absolute atomic E-state index is 0.278.